The number of halogens is 1. The van der Waals surface area contributed by atoms with Crippen LogP contribution in [0.2, 0.25) is 0 Å². The van der Waals surface area contributed by atoms with Gasteiger partial charge in [0.05, 0.1) is 17.4 Å². The molecule has 9 nitrogen and oxygen atoms in total. The summed E-state index contributed by atoms with van der Waals surface area (Å²) in [5.74, 6) is -1.78. The summed E-state index contributed by atoms with van der Waals surface area (Å²) in [6.07, 6.45) is 3.21. The summed E-state index contributed by atoms with van der Waals surface area (Å²) in [6.45, 7) is 2.42. The predicted molar refractivity (Wildman–Crippen MR) is 121 cm³/mol. The molecule has 4 rings (SSSR count). The second-order valence-corrected chi connectivity index (χ2v) is 9.74. The number of nitrogens with one attached hydrogen (secondary N) is 1. The number of sulfonamides is 1. The van der Waals surface area contributed by atoms with Crippen molar-refractivity contribution >= 4 is 27.6 Å². The van der Waals surface area contributed by atoms with Gasteiger partial charge in [-0.2, -0.15) is 4.31 Å². The number of carbonyl (C=O) groups is 2. The summed E-state index contributed by atoms with van der Waals surface area (Å²) in [4.78, 5) is 29.2. The van der Waals surface area contributed by atoms with Gasteiger partial charge in [0.2, 0.25) is 10.0 Å². The molecule has 1 aliphatic heterocycles. The monoisotopic (exact) mass is 486 g/mol. The largest absolute Gasteiger partial charge is 0.448 e. The highest BCUT2D eigenvalue weighted by Gasteiger charge is 2.27. The highest BCUT2D eigenvalue weighted by Crippen LogP contribution is 2.22. The van der Waals surface area contributed by atoms with E-state index in [1.54, 1.807) is 0 Å². The molecular formula is C23H23FN4O5S. The summed E-state index contributed by atoms with van der Waals surface area (Å²) in [5.41, 5.74) is 0.944. The molecule has 2 aromatic carbocycles. The second-order valence-electron chi connectivity index (χ2n) is 7.80. The molecule has 1 amide bonds. The zero-order chi connectivity index (χ0) is 24.3. The Bertz CT molecular complexity index is 1280. The molecule has 1 aliphatic rings. The van der Waals surface area contributed by atoms with E-state index in [0.717, 1.165) is 12.8 Å². The molecule has 34 heavy (non-hydrogen) atoms. The third-order valence-corrected chi connectivity index (χ3v) is 7.34. The number of imidazole rings is 1. The van der Waals surface area contributed by atoms with Gasteiger partial charge in [-0.3, -0.25) is 9.36 Å². The van der Waals surface area contributed by atoms with Gasteiger partial charge >= 0.3 is 5.97 Å². The Morgan fingerprint density at radius 1 is 1.06 bits per heavy atom. The molecule has 1 saturated heterocycles. The van der Waals surface area contributed by atoms with Gasteiger partial charge in [-0.15, -0.1) is 0 Å². The van der Waals surface area contributed by atoms with Crippen LogP contribution in [0.15, 0.2) is 66.0 Å². The number of hydrogen-bond acceptors (Lipinski definition) is 6. The summed E-state index contributed by atoms with van der Waals surface area (Å²) in [7, 11) is -3.55. The van der Waals surface area contributed by atoms with Crippen molar-refractivity contribution in [3.63, 3.8) is 0 Å². The van der Waals surface area contributed by atoms with Gasteiger partial charge in [-0.25, -0.2) is 22.6 Å². The number of hydrogen-bond donors (Lipinski definition) is 1. The van der Waals surface area contributed by atoms with E-state index < -0.39 is 33.8 Å². The highest BCUT2D eigenvalue weighted by atomic mass is 32.2. The van der Waals surface area contributed by atoms with Crippen LogP contribution in [0.1, 0.15) is 30.3 Å². The number of anilines is 1. The van der Waals surface area contributed by atoms with Crippen LogP contribution in [-0.2, 0) is 19.6 Å². The van der Waals surface area contributed by atoms with Crippen molar-refractivity contribution in [2.75, 3.05) is 18.4 Å². The minimum atomic E-state index is -3.55. The lowest BCUT2D eigenvalue weighted by Crippen LogP contribution is -2.30. The Labute approximate surface area is 196 Å². The first-order valence-electron chi connectivity index (χ1n) is 10.7. The molecule has 3 aromatic rings. The quantitative estimate of drug-likeness (QED) is 0.514. The van der Waals surface area contributed by atoms with Gasteiger partial charge in [0.15, 0.2) is 11.8 Å². The fourth-order valence-corrected chi connectivity index (χ4v) is 5.08. The molecule has 1 fully saturated rings. The average molecular weight is 487 g/mol. The highest BCUT2D eigenvalue weighted by molar-refractivity contribution is 7.89. The Hall–Kier alpha value is -3.57. The van der Waals surface area contributed by atoms with E-state index in [4.69, 9.17) is 4.74 Å². The fraction of sp³-hybridized carbons (Fsp3) is 0.261. The Morgan fingerprint density at radius 3 is 2.35 bits per heavy atom. The zero-order valence-corrected chi connectivity index (χ0v) is 19.2. The Kier molecular flexibility index (Phi) is 6.75. The minimum absolute atomic E-state index is 0.0720. The van der Waals surface area contributed by atoms with E-state index >= 15 is 0 Å². The summed E-state index contributed by atoms with van der Waals surface area (Å²) in [6, 6.07) is 11.3. The molecule has 0 radical (unpaired) electrons. The maximum Gasteiger partial charge on any atom is 0.357 e. The second kappa shape index (κ2) is 9.74. The van der Waals surface area contributed by atoms with E-state index in [9.17, 15) is 22.4 Å². The number of esters is 1. The van der Waals surface area contributed by atoms with Crippen LogP contribution in [0.25, 0.3) is 5.69 Å². The van der Waals surface area contributed by atoms with Crippen LogP contribution >= 0.6 is 0 Å². The molecule has 0 spiro atoms. The third kappa shape index (κ3) is 5.00. The average Bonchev–Trinajstić information content (AvgIpc) is 3.53. The lowest BCUT2D eigenvalue weighted by Gasteiger charge is -2.16. The molecule has 0 saturated carbocycles. The van der Waals surface area contributed by atoms with Gasteiger partial charge in [0.25, 0.3) is 5.91 Å². The molecule has 1 atom stereocenters. The fourth-order valence-electron chi connectivity index (χ4n) is 3.56. The molecule has 1 aromatic heterocycles. The number of carbonyl (C=O) groups excluding carboxylic acids is 2. The predicted octanol–water partition coefficient (Wildman–Crippen LogP) is 2.98. The first-order valence-corrected chi connectivity index (χ1v) is 12.1. The number of rotatable bonds is 7. The SMILES string of the molecule is C[C@H](OC(=O)c1cncn1-c1ccc(F)cc1)C(=O)Nc1ccc(S(=O)(=O)N2CCCC2)cc1. The Morgan fingerprint density at radius 2 is 1.71 bits per heavy atom. The van der Waals surface area contributed by atoms with E-state index in [1.165, 1.54) is 76.9 Å². The number of nitrogens with zero attached hydrogens (tertiary/aromatic N) is 3. The molecule has 2 heterocycles. The van der Waals surface area contributed by atoms with Crippen LogP contribution in [0.3, 0.4) is 0 Å². The topological polar surface area (TPSA) is 111 Å². The summed E-state index contributed by atoms with van der Waals surface area (Å²) < 4.78 is 46.5. The van der Waals surface area contributed by atoms with Gasteiger partial charge in [0.1, 0.15) is 5.82 Å². The van der Waals surface area contributed by atoms with Crippen LogP contribution < -0.4 is 5.32 Å². The van der Waals surface area contributed by atoms with Crippen LogP contribution in [-0.4, -0.2) is 53.3 Å². The molecule has 178 valence electrons. The summed E-state index contributed by atoms with van der Waals surface area (Å²) >= 11 is 0. The molecular weight excluding hydrogens is 463 g/mol. The molecule has 0 bridgehead atoms. The molecule has 0 aliphatic carbocycles. The molecule has 1 N–H and O–H groups in total. The number of benzene rings is 2. The maximum absolute atomic E-state index is 13.2. The summed E-state index contributed by atoms with van der Waals surface area (Å²) in [5, 5.41) is 2.60. The number of aromatic nitrogens is 2. The van der Waals surface area contributed by atoms with Crippen molar-refractivity contribution in [3.8, 4) is 5.69 Å². The number of ether oxygens (including phenoxy) is 1. The van der Waals surface area contributed by atoms with Crippen molar-refractivity contribution in [3.05, 3.63) is 72.6 Å². The first-order chi connectivity index (χ1) is 16.3. The third-order valence-electron chi connectivity index (χ3n) is 5.43. The minimum Gasteiger partial charge on any atom is -0.448 e. The van der Waals surface area contributed by atoms with E-state index in [-0.39, 0.29) is 10.6 Å². The van der Waals surface area contributed by atoms with Crippen LogP contribution in [0.4, 0.5) is 10.1 Å². The van der Waals surface area contributed by atoms with E-state index in [2.05, 4.69) is 10.3 Å². The van der Waals surface area contributed by atoms with Gasteiger partial charge in [-0.1, -0.05) is 0 Å². The standard InChI is InChI=1S/C23H23FN4O5S/c1-16(33-23(30)21-14-25-15-28(21)19-8-4-17(24)5-9-19)22(29)26-18-6-10-20(11-7-18)34(31,32)27-12-2-3-13-27/h4-11,14-16H,2-3,12-13H2,1H3,(H,26,29)/t16-/m0/s1. The maximum atomic E-state index is 13.2. The smallest absolute Gasteiger partial charge is 0.357 e. The first kappa shape index (κ1) is 23.6. The van der Waals surface area contributed by atoms with E-state index in [0.29, 0.717) is 24.5 Å². The molecule has 0 unspecified atom stereocenters. The molecule has 11 heteroatoms. The normalized spacial score (nSPS) is 15.1. The van der Waals surface area contributed by atoms with Crippen LogP contribution in [0, 0.1) is 5.82 Å². The van der Waals surface area contributed by atoms with Crippen molar-refractivity contribution in [1.29, 1.82) is 0 Å². The lowest BCUT2D eigenvalue weighted by atomic mass is 10.3. The number of amides is 1. The van der Waals surface area contributed by atoms with Gasteiger partial charge in [-0.05, 0) is 68.3 Å². The Balaban J connectivity index is 1.39. The van der Waals surface area contributed by atoms with Crippen molar-refractivity contribution in [2.24, 2.45) is 0 Å². The van der Waals surface area contributed by atoms with Gasteiger partial charge < -0.3 is 10.1 Å². The van der Waals surface area contributed by atoms with Crippen molar-refractivity contribution < 1.29 is 27.1 Å². The van der Waals surface area contributed by atoms with E-state index in [1.807, 2.05) is 0 Å². The van der Waals surface area contributed by atoms with Gasteiger partial charge in [0, 0.05) is 24.5 Å². The van der Waals surface area contributed by atoms with Crippen LogP contribution in [0.5, 0.6) is 0 Å². The lowest BCUT2D eigenvalue weighted by molar-refractivity contribution is -0.123. The van der Waals surface area contributed by atoms with Crippen molar-refractivity contribution in [1.82, 2.24) is 13.9 Å². The van der Waals surface area contributed by atoms with Crippen molar-refractivity contribution in [2.45, 2.75) is 30.8 Å². The zero-order valence-electron chi connectivity index (χ0n) is 18.3.